The molecular formula is C23H27N5O3. The van der Waals surface area contributed by atoms with E-state index in [1.165, 1.54) is 10.3 Å². The van der Waals surface area contributed by atoms with E-state index in [4.69, 9.17) is 14.5 Å². The number of morpholine rings is 1. The normalized spacial score (nSPS) is 19.1. The maximum Gasteiger partial charge on any atom is 0.264 e. The second-order valence-corrected chi connectivity index (χ2v) is 8.07. The smallest absolute Gasteiger partial charge is 0.264 e. The van der Waals surface area contributed by atoms with Crippen molar-refractivity contribution >= 4 is 22.4 Å². The first-order valence-electron chi connectivity index (χ1n) is 10.8. The van der Waals surface area contributed by atoms with Gasteiger partial charge in [0.2, 0.25) is 0 Å². The van der Waals surface area contributed by atoms with Crippen molar-refractivity contribution < 1.29 is 9.47 Å². The Kier molecular flexibility index (Phi) is 5.57. The van der Waals surface area contributed by atoms with Gasteiger partial charge in [0.25, 0.3) is 5.56 Å². The lowest BCUT2D eigenvalue weighted by Crippen LogP contribution is -2.36. The summed E-state index contributed by atoms with van der Waals surface area (Å²) in [6.45, 7) is 4.73. The molecule has 0 unspecified atom stereocenters. The number of benzene rings is 1. The van der Waals surface area contributed by atoms with Crippen LogP contribution in [0.4, 0.5) is 11.5 Å². The van der Waals surface area contributed by atoms with E-state index in [9.17, 15) is 4.79 Å². The van der Waals surface area contributed by atoms with Crippen molar-refractivity contribution in [3.8, 4) is 11.3 Å². The van der Waals surface area contributed by atoms with Gasteiger partial charge in [-0.2, -0.15) is 0 Å². The van der Waals surface area contributed by atoms with Gasteiger partial charge in [0.05, 0.1) is 36.9 Å². The van der Waals surface area contributed by atoms with Crippen LogP contribution in [0, 0.1) is 0 Å². The molecule has 4 heterocycles. The summed E-state index contributed by atoms with van der Waals surface area (Å²) in [5, 5.41) is 3.87. The predicted molar refractivity (Wildman–Crippen MR) is 121 cm³/mol. The summed E-state index contributed by atoms with van der Waals surface area (Å²) < 4.78 is 12.7. The van der Waals surface area contributed by atoms with Gasteiger partial charge in [0.15, 0.2) is 0 Å². The molecule has 0 aliphatic carbocycles. The minimum Gasteiger partial charge on any atom is -0.378 e. The molecule has 0 radical (unpaired) electrons. The van der Waals surface area contributed by atoms with Crippen LogP contribution in [-0.4, -0.2) is 60.1 Å². The Morgan fingerprint density at radius 2 is 1.97 bits per heavy atom. The van der Waals surface area contributed by atoms with Crippen LogP contribution in [0.25, 0.3) is 22.2 Å². The topological polar surface area (TPSA) is 81.5 Å². The van der Waals surface area contributed by atoms with E-state index in [2.05, 4.69) is 39.5 Å². The third-order valence-corrected chi connectivity index (χ3v) is 5.96. The van der Waals surface area contributed by atoms with Crippen LogP contribution < -0.4 is 15.8 Å². The average Bonchev–Trinajstić information content (AvgIpc) is 3.34. The molecule has 2 fully saturated rings. The fourth-order valence-electron chi connectivity index (χ4n) is 4.18. The number of rotatable bonds is 5. The molecular weight excluding hydrogens is 394 g/mol. The van der Waals surface area contributed by atoms with Gasteiger partial charge in [0, 0.05) is 44.5 Å². The zero-order chi connectivity index (χ0) is 21.2. The Labute approximate surface area is 180 Å². The summed E-state index contributed by atoms with van der Waals surface area (Å²) in [5.41, 5.74) is 3.48. The molecule has 0 amide bonds. The summed E-state index contributed by atoms with van der Waals surface area (Å²) in [4.78, 5) is 24.4. The third kappa shape index (κ3) is 4.13. The Balaban J connectivity index is 1.49. The van der Waals surface area contributed by atoms with Crippen LogP contribution in [0.15, 0.2) is 41.5 Å². The molecule has 31 heavy (non-hydrogen) atoms. The van der Waals surface area contributed by atoms with Gasteiger partial charge in [-0.15, -0.1) is 0 Å². The molecule has 0 bridgehead atoms. The van der Waals surface area contributed by atoms with E-state index in [0.717, 1.165) is 57.0 Å². The van der Waals surface area contributed by atoms with E-state index in [1.54, 1.807) is 13.4 Å². The van der Waals surface area contributed by atoms with Crippen molar-refractivity contribution in [2.75, 3.05) is 49.7 Å². The van der Waals surface area contributed by atoms with Crippen molar-refractivity contribution in [2.45, 2.75) is 18.9 Å². The summed E-state index contributed by atoms with van der Waals surface area (Å²) in [7, 11) is 1.71. The van der Waals surface area contributed by atoms with E-state index < -0.39 is 0 Å². The highest BCUT2D eigenvalue weighted by molar-refractivity contribution is 5.91. The number of aryl methyl sites for hydroxylation is 1. The van der Waals surface area contributed by atoms with Crippen LogP contribution >= 0.6 is 0 Å². The van der Waals surface area contributed by atoms with Gasteiger partial charge in [-0.05, 0) is 31.0 Å². The van der Waals surface area contributed by atoms with Crippen LogP contribution in [0.1, 0.15) is 12.8 Å². The largest absolute Gasteiger partial charge is 0.378 e. The Hall–Kier alpha value is -2.97. The number of fused-ring (bicyclic) bond motifs is 1. The lowest BCUT2D eigenvalue weighted by molar-refractivity contribution is 0.120. The van der Waals surface area contributed by atoms with Crippen LogP contribution in [0.3, 0.4) is 0 Å². The van der Waals surface area contributed by atoms with Crippen molar-refractivity contribution in [1.29, 1.82) is 0 Å². The number of pyridine rings is 1. The highest BCUT2D eigenvalue weighted by Crippen LogP contribution is 2.27. The molecule has 8 heteroatoms. The lowest BCUT2D eigenvalue weighted by Gasteiger charge is -2.28. The van der Waals surface area contributed by atoms with Gasteiger partial charge in [-0.25, -0.2) is 9.97 Å². The minimum atomic E-state index is -0.110. The highest BCUT2D eigenvalue weighted by atomic mass is 16.5. The average molecular weight is 422 g/mol. The molecule has 0 spiro atoms. The maximum atomic E-state index is 12.8. The van der Waals surface area contributed by atoms with Crippen LogP contribution in [0.5, 0.6) is 0 Å². The van der Waals surface area contributed by atoms with Gasteiger partial charge < -0.3 is 24.3 Å². The molecule has 1 aromatic carbocycles. The van der Waals surface area contributed by atoms with Crippen molar-refractivity contribution in [3.63, 3.8) is 0 Å². The van der Waals surface area contributed by atoms with Crippen LogP contribution in [-0.2, 0) is 16.5 Å². The van der Waals surface area contributed by atoms with Gasteiger partial charge in [-0.1, -0.05) is 12.1 Å². The molecule has 0 saturated carbocycles. The van der Waals surface area contributed by atoms with E-state index in [0.29, 0.717) is 23.3 Å². The minimum absolute atomic E-state index is 0.110. The molecule has 2 saturated heterocycles. The first kappa shape index (κ1) is 20.0. The Morgan fingerprint density at radius 3 is 2.71 bits per heavy atom. The number of ether oxygens (including phenoxy) is 2. The predicted octanol–water partition coefficient (Wildman–Crippen LogP) is 2.42. The zero-order valence-electron chi connectivity index (χ0n) is 17.7. The van der Waals surface area contributed by atoms with Gasteiger partial charge >= 0.3 is 0 Å². The standard InChI is InChI=1S/C23H27N5O3/c1-27-15-25-20-13-19(16-4-6-17(7-5-16)28-8-11-30-12-9-28)26-22(21(20)23(27)29)24-14-18-3-2-10-31-18/h4-7,13,15,18H,2-3,8-12,14H2,1H3,(H,24,26)/t18-/m1/s1. The Bertz CT molecular complexity index is 1120. The number of hydrogen-bond acceptors (Lipinski definition) is 7. The molecule has 1 atom stereocenters. The monoisotopic (exact) mass is 421 g/mol. The van der Waals surface area contributed by atoms with E-state index in [-0.39, 0.29) is 11.7 Å². The number of hydrogen-bond donors (Lipinski definition) is 1. The molecule has 162 valence electrons. The summed E-state index contributed by atoms with van der Waals surface area (Å²) >= 11 is 0. The summed E-state index contributed by atoms with van der Waals surface area (Å²) in [6, 6.07) is 10.3. The SMILES string of the molecule is Cn1cnc2cc(-c3ccc(N4CCOCC4)cc3)nc(NC[C@H]3CCCO3)c2c1=O. The van der Waals surface area contributed by atoms with Crippen LogP contribution in [0.2, 0.25) is 0 Å². The molecule has 2 aliphatic rings. The molecule has 8 nitrogen and oxygen atoms in total. The molecule has 2 aliphatic heterocycles. The number of nitrogens with zero attached hydrogens (tertiary/aromatic N) is 4. The third-order valence-electron chi connectivity index (χ3n) is 5.96. The maximum absolute atomic E-state index is 12.8. The second kappa shape index (κ2) is 8.64. The van der Waals surface area contributed by atoms with Crippen molar-refractivity contribution in [1.82, 2.24) is 14.5 Å². The fourth-order valence-corrected chi connectivity index (χ4v) is 4.18. The summed E-state index contributed by atoms with van der Waals surface area (Å²) in [6.07, 6.45) is 3.79. The quantitative estimate of drug-likeness (QED) is 0.678. The second-order valence-electron chi connectivity index (χ2n) is 8.07. The van der Waals surface area contributed by atoms with Gasteiger partial charge in [-0.3, -0.25) is 4.79 Å². The summed E-state index contributed by atoms with van der Waals surface area (Å²) in [5.74, 6) is 0.564. The number of nitrogens with one attached hydrogen (secondary N) is 1. The molecule has 1 N–H and O–H groups in total. The van der Waals surface area contributed by atoms with Gasteiger partial charge in [0.1, 0.15) is 11.2 Å². The van der Waals surface area contributed by atoms with Crippen molar-refractivity contribution in [2.24, 2.45) is 7.05 Å². The molecule has 3 aromatic rings. The highest BCUT2D eigenvalue weighted by Gasteiger charge is 2.18. The first-order chi connectivity index (χ1) is 15.2. The molecule has 5 rings (SSSR count). The van der Waals surface area contributed by atoms with E-state index in [1.807, 2.05) is 6.07 Å². The zero-order valence-corrected chi connectivity index (χ0v) is 17.7. The van der Waals surface area contributed by atoms with E-state index >= 15 is 0 Å². The molecule has 2 aromatic heterocycles. The Morgan fingerprint density at radius 1 is 1.16 bits per heavy atom. The first-order valence-corrected chi connectivity index (χ1v) is 10.8. The lowest BCUT2D eigenvalue weighted by atomic mass is 10.1. The number of anilines is 2. The van der Waals surface area contributed by atoms with Crippen molar-refractivity contribution in [3.05, 3.63) is 47.0 Å². The number of aromatic nitrogens is 3. The fraction of sp³-hybridized carbons (Fsp3) is 0.435.